The molecule has 1 N–H and O–H groups in total. The van der Waals surface area contributed by atoms with Crippen molar-refractivity contribution in [1.82, 2.24) is 4.98 Å². The largest absolute Gasteiger partial charge is 0.478 e. The van der Waals surface area contributed by atoms with Crippen LogP contribution in [0, 0.1) is 5.92 Å². The minimum Gasteiger partial charge on any atom is -0.478 e. The summed E-state index contributed by atoms with van der Waals surface area (Å²) in [5, 5.41) is 11.0. The van der Waals surface area contributed by atoms with Gasteiger partial charge in [0.25, 0.3) is 0 Å². The quantitative estimate of drug-likeness (QED) is 0.809. The van der Waals surface area contributed by atoms with Gasteiger partial charge in [-0.05, 0) is 36.3 Å². The Morgan fingerprint density at radius 2 is 2.05 bits per heavy atom. The lowest BCUT2D eigenvalue weighted by atomic mass is 9.78. The predicted octanol–water partition coefficient (Wildman–Crippen LogP) is 4.93. The highest BCUT2D eigenvalue weighted by Gasteiger charge is 2.30. The number of halogens is 2. The molecule has 0 saturated heterocycles. The fourth-order valence-electron chi connectivity index (χ4n) is 3.39. The highest BCUT2D eigenvalue weighted by Crippen LogP contribution is 2.40. The van der Waals surface area contributed by atoms with E-state index in [1.807, 2.05) is 0 Å². The number of carboxylic acid groups (broad SMARTS) is 1. The van der Waals surface area contributed by atoms with Crippen LogP contribution in [0.4, 0.5) is 0 Å². The lowest BCUT2D eigenvalue weighted by Crippen LogP contribution is -2.20. The van der Waals surface area contributed by atoms with Crippen LogP contribution in [0.25, 0.3) is 10.9 Å². The molecule has 0 amide bonds. The van der Waals surface area contributed by atoms with Crippen LogP contribution < -0.4 is 0 Å². The zero-order valence-corrected chi connectivity index (χ0v) is 13.3. The Morgan fingerprint density at radius 3 is 2.71 bits per heavy atom. The van der Waals surface area contributed by atoms with Crippen LogP contribution in [0.5, 0.6) is 0 Å². The summed E-state index contributed by atoms with van der Waals surface area (Å²) in [6.45, 7) is 4.22. The number of hydrogen-bond acceptors (Lipinski definition) is 2. The molecule has 1 aromatic heterocycles. The smallest absolute Gasteiger partial charge is 0.336 e. The van der Waals surface area contributed by atoms with Crippen LogP contribution in [0.3, 0.4) is 0 Å². The second kappa shape index (κ2) is 5.15. The lowest BCUT2D eigenvalue weighted by molar-refractivity contribution is 0.0696. The zero-order valence-electron chi connectivity index (χ0n) is 11.8. The van der Waals surface area contributed by atoms with Crippen molar-refractivity contribution in [2.45, 2.75) is 32.6 Å². The first-order chi connectivity index (χ1) is 9.90. The first-order valence-corrected chi connectivity index (χ1v) is 7.69. The molecule has 1 aliphatic carbocycles. The third-order valence-electron chi connectivity index (χ3n) is 4.17. The predicted molar refractivity (Wildman–Crippen MR) is 84.6 cm³/mol. The van der Waals surface area contributed by atoms with Crippen molar-refractivity contribution in [2.24, 2.45) is 5.92 Å². The van der Waals surface area contributed by atoms with Crippen molar-refractivity contribution in [3.63, 3.8) is 0 Å². The van der Waals surface area contributed by atoms with E-state index in [0.29, 0.717) is 32.4 Å². The summed E-state index contributed by atoms with van der Waals surface area (Å²) in [7, 11) is 0. The van der Waals surface area contributed by atoms with Crippen LogP contribution in [0.15, 0.2) is 12.1 Å². The van der Waals surface area contributed by atoms with Gasteiger partial charge in [-0.1, -0.05) is 43.1 Å². The Kier molecular flexibility index (Phi) is 3.58. The number of pyridine rings is 1. The number of carbonyl (C=O) groups is 1. The fraction of sp³-hybridized carbons (Fsp3) is 0.375. The minimum atomic E-state index is -0.932. The van der Waals surface area contributed by atoms with Crippen LogP contribution in [0.2, 0.25) is 10.0 Å². The van der Waals surface area contributed by atoms with Gasteiger partial charge in [0, 0.05) is 11.1 Å². The summed E-state index contributed by atoms with van der Waals surface area (Å²) in [6, 6.07) is 3.33. The number of nitrogens with zero attached hydrogens (tertiary/aromatic N) is 1. The minimum absolute atomic E-state index is 0.182. The van der Waals surface area contributed by atoms with Gasteiger partial charge in [0.1, 0.15) is 0 Å². The van der Waals surface area contributed by atoms with E-state index in [2.05, 4.69) is 18.8 Å². The van der Waals surface area contributed by atoms with Gasteiger partial charge in [-0.2, -0.15) is 0 Å². The van der Waals surface area contributed by atoms with Gasteiger partial charge in [0.05, 0.1) is 21.1 Å². The van der Waals surface area contributed by atoms with Crippen molar-refractivity contribution in [3.8, 4) is 0 Å². The summed E-state index contributed by atoms with van der Waals surface area (Å²) in [5.74, 6) is -0.267. The Labute approximate surface area is 132 Å². The Bertz CT molecular complexity index is 758. The van der Waals surface area contributed by atoms with E-state index in [1.54, 1.807) is 12.1 Å². The van der Waals surface area contributed by atoms with Gasteiger partial charge in [-0.25, -0.2) is 4.79 Å². The van der Waals surface area contributed by atoms with E-state index in [0.717, 1.165) is 24.1 Å². The molecule has 0 saturated carbocycles. The molecule has 1 heterocycles. The summed E-state index contributed by atoms with van der Waals surface area (Å²) >= 11 is 12.3. The molecular weight excluding hydrogens is 309 g/mol. The van der Waals surface area contributed by atoms with Crippen molar-refractivity contribution in [2.75, 3.05) is 0 Å². The van der Waals surface area contributed by atoms with Crippen molar-refractivity contribution in [3.05, 3.63) is 39.0 Å². The fourth-order valence-corrected chi connectivity index (χ4v) is 3.75. The number of fused-ring (bicyclic) bond motifs is 2. The van der Waals surface area contributed by atoms with E-state index in [1.165, 1.54) is 0 Å². The molecule has 0 spiro atoms. The second-order valence-corrected chi connectivity index (χ2v) is 6.64. The van der Waals surface area contributed by atoms with Crippen LogP contribution in [0.1, 0.15) is 47.8 Å². The van der Waals surface area contributed by atoms with Gasteiger partial charge in [0.2, 0.25) is 0 Å². The van der Waals surface area contributed by atoms with E-state index >= 15 is 0 Å². The Balaban J connectivity index is 2.44. The van der Waals surface area contributed by atoms with E-state index in [-0.39, 0.29) is 5.92 Å². The number of benzene rings is 1. The molecule has 21 heavy (non-hydrogen) atoms. The number of carboxylic acids is 1. The lowest BCUT2D eigenvalue weighted by Gasteiger charge is -2.28. The summed E-state index contributed by atoms with van der Waals surface area (Å²) in [6.07, 6.45) is 1.75. The number of aromatic nitrogens is 1. The Morgan fingerprint density at radius 1 is 1.33 bits per heavy atom. The summed E-state index contributed by atoms with van der Waals surface area (Å²) in [4.78, 5) is 16.4. The van der Waals surface area contributed by atoms with E-state index in [4.69, 9.17) is 23.2 Å². The maximum Gasteiger partial charge on any atom is 0.336 e. The van der Waals surface area contributed by atoms with Gasteiger partial charge in [0.15, 0.2) is 0 Å². The zero-order chi connectivity index (χ0) is 15.3. The molecule has 2 unspecified atom stereocenters. The standard InChI is InChI=1S/C16H15Cl2NO2/c1-7-5-8(2)12-11(6-7)19-15-9(13(12)16(20)21)3-4-10(17)14(15)18/h3-4,7-8H,5-6H2,1-2H3,(H,20,21). The molecule has 3 nitrogen and oxygen atoms in total. The topological polar surface area (TPSA) is 50.2 Å². The maximum absolute atomic E-state index is 11.8. The second-order valence-electron chi connectivity index (χ2n) is 5.86. The molecule has 0 aliphatic heterocycles. The van der Waals surface area contributed by atoms with Crippen LogP contribution in [-0.4, -0.2) is 16.1 Å². The molecule has 1 aliphatic rings. The van der Waals surface area contributed by atoms with Gasteiger partial charge < -0.3 is 5.11 Å². The molecule has 3 rings (SSSR count). The summed E-state index contributed by atoms with van der Waals surface area (Å²) in [5.41, 5.74) is 2.51. The van der Waals surface area contributed by atoms with Gasteiger partial charge in [-0.15, -0.1) is 0 Å². The highest BCUT2D eigenvalue weighted by atomic mass is 35.5. The number of rotatable bonds is 1. The Hall–Kier alpha value is -1.32. The molecule has 0 bridgehead atoms. The van der Waals surface area contributed by atoms with Gasteiger partial charge >= 0.3 is 5.97 Å². The number of aromatic carboxylic acids is 1. The molecule has 0 radical (unpaired) electrons. The van der Waals surface area contributed by atoms with Crippen LogP contribution >= 0.6 is 23.2 Å². The van der Waals surface area contributed by atoms with Crippen molar-refractivity contribution < 1.29 is 9.90 Å². The maximum atomic E-state index is 11.8. The first-order valence-electron chi connectivity index (χ1n) is 6.94. The molecule has 5 heteroatoms. The number of hydrogen-bond donors (Lipinski definition) is 1. The molecular formula is C16H15Cl2NO2. The SMILES string of the molecule is CC1Cc2nc3c(Cl)c(Cl)ccc3c(C(=O)O)c2C(C)C1. The van der Waals surface area contributed by atoms with Crippen LogP contribution in [-0.2, 0) is 6.42 Å². The highest BCUT2D eigenvalue weighted by molar-refractivity contribution is 6.45. The van der Waals surface area contributed by atoms with Crippen molar-refractivity contribution in [1.29, 1.82) is 0 Å². The first kappa shape index (κ1) is 14.6. The third kappa shape index (κ3) is 2.29. The third-order valence-corrected chi connectivity index (χ3v) is 4.96. The average Bonchev–Trinajstić information content (AvgIpc) is 2.40. The molecule has 2 aromatic rings. The van der Waals surface area contributed by atoms with Crippen molar-refractivity contribution >= 4 is 40.1 Å². The average molecular weight is 324 g/mol. The molecule has 110 valence electrons. The monoisotopic (exact) mass is 323 g/mol. The molecule has 0 fully saturated rings. The van der Waals surface area contributed by atoms with E-state index < -0.39 is 5.97 Å². The normalized spacial score (nSPS) is 21.3. The van der Waals surface area contributed by atoms with E-state index in [9.17, 15) is 9.90 Å². The molecule has 2 atom stereocenters. The molecule has 1 aromatic carbocycles. The summed E-state index contributed by atoms with van der Waals surface area (Å²) < 4.78 is 0. The van der Waals surface area contributed by atoms with Gasteiger partial charge in [-0.3, -0.25) is 4.98 Å².